The van der Waals surface area contributed by atoms with E-state index >= 15 is 0 Å². The lowest BCUT2D eigenvalue weighted by Gasteiger charge is -2.26. The third-order valence-corrected chi connectivity index (χ3v) is 3.12. The van der Waals surface area contributed by atoms with Crippen LogP contribution in [0.2, 0.25) is 0 Å². The van der Waals surface area contributed by atoms with E-state index in [1.54, 1.807) is 22.2 Å². The number of carboxylic acid groups (broad SMARTS) is 3. The number of hydrogen-bond donors (Lipinski definition) is 4. The first-order valence-electron chi connectivity index (χ1n) is 7.32. The molecule has 4 N–H and O–H groups in total. The van der Waals surface area contributed by atoms with E-state index in [0.717, 1.165) is 0 Å². The molecule has 1 aliphatic heterocycles. The summed E-state index contributed by atoms with van der Waals surface area (Å²) in [5.74, 6) is -3.00. The molecular formula is C14H22N4O6. The number of nitrogens with zero attached hydrogens (tertiary/aromatic N) is 3. The first kappa shape index (κ1) is 19.1. The van der Waals surface area contributed by atoms with Gasteiger partial charge in [0.25, 0.3) is 0 Å². The quantitative estimate of drug-likeness (QED) is 0.461. The minimum absolute atomic E-state index is 0.200. The van der Waals surface area contributed by atoms with Crippen molar-refractivity contribution in [1.82, 2.24) is 20.0 Å². The molecule has 0 aliphatic carbocycles. The summed E-state index contributed by atoms with van der Waals surface area (Å²) in [6.45, 7) is 0.769. The van der Waals surface area contributed by atoms with Gasteiger partial charge < -0.3 is 35.3 Å². The predicted molar refractivity (Wildman–Crippen MR) is 83.9 cm³/mol. The van der Waals surface area contributed by atoms with Gasteiger partial charge in [0.1, 0.15) is 19.6 Å². The van der Waals surface area contributed by atoms with Crippen LogP contribution in [0.1, 0.15) is 0 Å². The summed E-state index contributed by atoms with van der Waals surface area (Å²) in [4.78, 5) is 37.3. The van der Waals surface area contributed by atoms with Gasteiger partial charge in [-0.05, 0) is 0 Å². The maximum atomic E-state index is 10.9. The van der Waals surface area contributed by atoms with Gasteiger partial charge in [-0.15, -0.1) is 0 Å². The van der Waals surface area contributed by atoms with Gasteiger partial charge in [0.2, 0.25) is 0 Å². The monoisotopic (exact) mass is 342 g/mol. The molecule has 0 saturated carbocycles. The van der Waals surface area contributed by atoms with E-state index in [1.807, 2.05) is 0 Å². The summed E-state index contributed by atoms with van der Waals surface area (Å²) in [7, 11) is 0. The number of rotatable bonds is 6. The number of hydrogen-bond acceptors (Lipinski definition) is 7. The van der Waals surface area contributed by atoms with Crippen LogP contribution in [0.4, 0.5) is 0 Å². The summed E-state index contributed by atoms with van der Waals surface area (Å²) in [5.41, 5.74) is 0. The van der Waals surface area contributed by atoms with Gasteiger partial charge in [-0.2, -0.15) is 0 Å². The Kier molecular flexibility index (Phi) is 7.96. The molecule has 0 bridgehead atoms. The average molecular weight is 342 g/mol. The van der Waals surface area contributed by atoms with E-state index in [0.29, 0.717) is 19.6 Å². The zero-order valence-corrected chi connectivity index (χ0v) is 13.2. The van der Waals surface area contributed by atoms with Crippen molar-refractivity contribution in [1.29, 1.82) is 0 Å². The lowest BCUT2D eigenvalue weighted by atomic mass is 10.4. The Morgan fingerprint density at radius 2 is 1.17 bits per heavy atom. The molecule has 1 heterocycles. The summed E-state index contributed by atoms with van der Waals surface area (Å²) in [6.07, 6.45) is 6.22. The number of nitrogens with one attached hydrogen (secondary N) is 1. The molecule has 0 amide bonds. The lowest BCUT2D eigenvalue weighted by molar-refractivity contribution is -0.139. The first-order valence-corrected chi connectivity index (χ1v) is 7.32. The highest BCUT2D eigenvalue weighted by Crippen LogP contribution is 1.99. The van der Waals surface area contributed by atoms with Crippen molar-refractivity contribution in [2.45, 2.75) is 0 Å². The molecule has 10 heteroatoms. The van der Waals surface area contributed by atoms with Crippen molar-refractivity contribution < 1.29 is 29.7 Å². The summed E-state index contributed by atoms with van der Waals surface area (Å²) < 4.78 is 0. The van der Waals surface area contributed by atoms with E-state index in [1.165, 1.54) is 17.3 Å². The van der Waals surface area contributed by atoms with Crippen molar-refractivity contribution >= 4 is 17.9 Å². The Labute approximate surface area is 139 Å². The Bertz CT molecular complexity index is 507. The van der Waals surface area contributed by atoms with Gasteiger partial charge in [0, 0.05) is 51.0 Å². The van der Waals surface area contributed by atoms with E-state index in [2.05, 4.69) is 5.32 Å². The van der Waals surface area contributed by atoms with Gasteiger partial charge >= 0.3 is 17.9 Å². The zero-order valence-electron chi connectivity index (χ0n) is 13.2. The average Bonchev–Trinajstić information content (AvgIpc) is 2.45. The van der Waals surface area contributed by atoms with Crippen LogP contribution in [0.25, 0.3) is 0 Å². The second-order valence-electron chi connectivity index (χ2n) is 5.16. The molecular weight excluding hydrogens is 320 g/mol. The van der Waals surface area contributed by atoms with E-state index < -0.39 is 17.9 Å². The summed E-state index contributed by atoms with van der Waals surface area (Å²) >= 11 is 0. The molecule has 10 nitrogen and oxygen atoms in total. The Balaban J connectivity index is 2.84. The van der Waals surface area contributed by atoms with Crippen LogP contribution < -0.4 is 5.32 Å². The Morgan fingerprint density at radius 1 is 0.750 bits per heavy atom. The highest BCUT2D eigenvalue weighted by molar-refractivity contribution is 5.70. The molecule has 0 aromatic heterocycles. The number of aliphatic carboxylic acids is 3. The van der Waals surface area contributed by atoms with Crippen molar-refractivity contribution in [2.24, 2.45) is 0 Å². The van der Waals surface area contributed by atoms with Gasteiger partial charge in [-0.3, -0.25) is 14.4 Å². The fraction of sp³-hybridized carbons (Fsp3) is 0.500. The third-order valence-electron chi connectivity index (χ3n) is 3.12. The van der Waals surface area contributed by atoms with Gasteiger partial charge in [-0.25, -0.2) is 0 Å². The molecule has 0 unspecified atom stereocenters. The fourth-order valence-corrected chi connectivity index (χ4v) is 2.04. The molecule has 24 heavy (non-hydrogen) atoms. The topological polar surface area (TPSA) is 134 Å². The minimum atomic E-state index is -1.03. The van der Waals surface area contributed by atoms with Crippen LogP contribution in [0.5, 0.6) is 0 Å². The lowest BCUT2D eigenvalue weighted by Crippen LogP contribution is -2.37. The highest BCUT2D eigenvalue weighted by atomic mass is 16.4. The second-order valence-corrected chi connectivity index (χ2v) is 5.16. The summed E-state index contributed by atoms with van der Waals surface area (Å²) in [5, 5.41) is 29.7. The predicted octanol–water partition coefficient (Wildman–Crippen LogP) is -1.31. The minimum Gasteiger partial charge on any atom is -0.480 e. The molecule has 0 radical (unpaired) electrons. The second kappa shape index (κ2) is 9.98. The summed E-state index contributed by atoms with van der Waals surface area (Å²) in [6, 6.07) is 0. The molecule has 0 aromatic rings. The Hall–Kier alpha value is -2.91. The van der Waals surface area contributed by atoms with Crippen LogP contribution in [0, 0.1) is 0 Å². The number of carboxylic acids is 3. The van der Waals surface area contributed by atoms with E-state index in [9.17, 15) is 14.4 Å². The van der Waals surface area contributed by atoms with Gasteiger partial charge in [-0.1, -0.05) is 0 Å². The zero-order chi connectivity index (χ0) is 17.9. The van der Waals surface area contributed by atoms with Crippen LogP contribution >= 0.6 is 0 Å². The SMILES string of the molecule is O=C(O)CN1/C=C\NCCN(CC(=O)O)/C=C/N(CC(=O)O)CC1. The molecule has 0 fully saturated rings. The van der Waals surface area contributed by atoms with E-state index in [4.69, 9.17) is 15.3 Å². The van der Waals surface area contributed by atoms with Crippen LogP contribution in [0.3, 0.4) is 0 Å². The van der Waals surface area contributed by atoms with Crippen molar-refractivity contribution in [3.63, 3.8) is 0 Å². The van der Waals surface area contributed by atoms with Gasteiger partial charge in [0.15, 0.2) is 0 Å². The maximum absolute atomic E-state index is 10.9. The molecule has 0 spiro atoms. The molecule has 0 saturated heterocycles. The standard InChI is InChI=1S/C14H22N4O6/c19-12(20)9-16-3-1-15-2-4-17(10-13(21)22)6-8-18(7-5-16)11-14(23)24/h1,3,6,8,15H,2,4-5,7,9-11H2,(H,19,20)(H,21,22)(H,23,24)/b3-1-,8-6+. The third kappa shape index (κ3) is 8.51. The maximum Gasteiger partial charge on any atom is 0.323 e. The molecule has 0 atom stereocenters. The largest absolute Gasteiger partial charge is 0.480 e. The van der Waals surface area contributed by atoms with Crippen molar-refractivity contribution in [3.8, 4) is 0 Å². The molecule has 134 valence electrons. The van der Waals surface area contributed by atoms with Crippen molar-refractivity contribution in [2.75, 3.05) is 45.8 Å². The molecule has 1 rings (SSSR count). The van der Waals surface area contributed by atoms with Crippen LogP contribution in [-0.4, -0.2) is 93.7 Å². The van der Waals surface area contributed by atoms with Crippen molar-refractivity contribution in [3.05, 3.63) is 24.8 Å². The van der Waals surface area contributed by atoms with Crippen LogP contribution in [0.15, 0.2) is 24.8 Å². The normalized spacial score (nSPS) is 18.8. The molecule has 0 aromatic carbocycles. The first-order chi connectivity index (χ1) is 11.4. The molecule has 1 aliphatic rings. The van der Waals surface area contributed by atoms with Gasteiger partial charge in [0.05, 0.1) is 0 Å². The van der Waals surface area contributed by atoms with Crippen LogP contribution in [-0.2, 0) is 14.4 Å². The Morgan fingerprint density at radius 3 is 1.62 bits per heavy atom. The number of carbonyl (C=O) groups is 3. The fourth-order valence-electron chi connectivity index (χ4n) is 2.04. The highest BCUT2D eigenvalue weighted by Gasteiger charge is 2.11. The van der Waals surface area contributed by atoms with E-state index in [-0.39, 0.29) is 26.2 Å². The smallest absolute Gasteiger partial charge is 0.323 e.